The highest BCUT2D eigenvalue weighted by Gasteiger charge is 2.53. The Morgan fingerprint density at radius 2 is 1.81 bits per heavy atom. The number of carboxylic acid groups (broad SMARTS) is 1. The second-order valence-electron chi connectivity index (χ2n) is 5.90. The number of hydrogen-bond donors (Lipinski definition) is 2. The number of rotatable bonds is 2. The number of ether oxygens (including phenoxy) is 2. The zero-order valence-corrected chi connectivity index (χ0v) is 13.9. The number of carbonyl (C=O) groups is 2. The van der Waals surface area contributed by atoms with E-state index < -0.39 is 43.1 Å². The molecule has 2 aliphatic rings. The molecule has 0 aliphatic carbocycles. The highest BCUT2D eigenvalue weighted by atomic mass is 35.5. The van der Waals surface area contributed by atoms with Crippen molar-refractivity contribution in [1.82, 2.24) is 4.90 Å². The van der Waals surface area contributed by atoms with Crippen LogP contribution in [-0.4, -0.2) is 54.5 Å². The average Bonchev–Trinajstić information content (AvgIpc) is 3.01. The number of urea groups is 1. The van der Waals surface area contributed by atoms with Gasteiger partial charge in [0.15, 0.2) is 11.5 Å². The van der Waals surface area contributed by atoms with Crippen LogP contribution in [0.5, 0.6) is 11.5 Å². The van der Waals surface area contributed by atoms with E-state index in [0.717, 1.165) is 4.90 Å². The summed E-state index contributed by atoms with van der Waals surface area (Å²) in [4.78, 5) is 24.2. The van der Waals surface area contributed by atoms with Crippen molar-refractivity contribution in [3.63, 3.8) is 0 Å². The van der Waals surface area contributed by atoms with Crippen LogP contribution in [-0.2, 0) is 4.79 Å². The summed E-state index contributed by atoms with van der Waals surface area (Å²) in [6.45, 7) is -0.637. The minimum absolute atomic E-state index is 0.115. The number of benzene rings is 1. The molecule has 11 heteroatoms. The number of anilines is 1. The first-order chi connectivity index (χ1) is 12.2. The second kappa shape index (κ2) is 6.75. The summed E-state index contributed by atoms with van der Waals surface area (Å²) in [5.41, 5.74) is 0.128. The lowest BCUT2D eigenvalue weighted by Gasteiger charge is -2.22. The van der Waals surface area contributed by atoms with E-state index in [0.29, 0.717) is 24.7 Å². The van der Waals surface area contributed by atoms with Crippen LogP contribution in [0.4, 0.5) is 23.7 Å². The predicted octanol–water partition coefficient (Wildman–Crippen LogP) is 2.84. The standard InChI is InChI=1S/C15H14ClF3N2O5/c16-9-3-11-12(26-2-1-25-11)4-10(9)20-14(24)21-5-7(13(22)23)8(6-21)15(17,18)19/h3-4,7-8H,1-2,5-6H2,(H,20,24)(H,22,23)/t7-,8-/m1/s1. The molecule has 7 nitrogen and oxygen atoms in total. The van der Waals surface area contributed by atoms with Gasteiger partial charge in [-0.05, 0) is 0 Å². The van der Waals surface area contributed by atoms with Gasteiger partial charge in [0.1, 0.15) is 13.2 Å². The van der Waals surface area contributed by atoms with E-state index in [1.807, 2.05) is 0 Å². The van der Waals surface area contributed by atoms with E-state index in [4.69, 9.17) is 26.2 Å². The summed E-state index contributed by atoms with van der Waals surface area (Å²) >= 11 is 6.05. The molecule has 0 saturated carbocycles. The third kappa shape index (κ3) is 3.59. The first-order valence-corrected chi connectivity index (χ1v) is 7.99. The molecule has 142 valence electrons. The van der Waals surface area contributed by atoms with Crippen molar-refractivity contribution in [2.75, 3.05) is 31.6 Å². The molecule has 2 amide bonds. The highest BCUT2D eigenvalue weighted by Crippen LogP contribution is 2.40. The molecule has 0 bridgehead atoms. The number of carbonyl (C=O) groups excluding carboxylic acids is 1. The topological polar surface area (TPSA) is 88.1 Å². The van der Waals surface area contributed by atoms with Crippen LogP contribution in [0.2, 0.25) is 5.02 Å². The van der Waals surface area contributed by atoms with Gasteiger partial charge in [-0.1, -0.05) is 11.6 Å². The van der Waals surface area contributed by atoms with Crippen LogP contribution in [0.15, 0.2) is 12.1 Å². The summed E-state index contributed by atoms with van der Waals surface area (Å²) in [5.74, 6) is -4.70. The SMILES string of the molecule is O=C(O)[C@@H]1CN(C(=O)Nc2cc3c(cc2Cl)OCCO3)C[C@H]1C(F)(F)F. The molecular formula is C15H14ClF3N2O5. The minimum Gasteiger partial charge on any atom is -0.486 e. The number of carboxylic acids is 1. The predicted molar refractivity (Wildman–Crippen MR) is 83.7 cm³/mol. The van der Waals surface area contributed by atoms with Crippen molar-refractivity contribution in [2.45, 2.75) is 6.18 Å². The summed E-state index contributed by atoms with van der Waals surface area (Å²) in [6, 6.07) is 1.95. The smallest absolute Gasteiger partial charge is 0.394 e. The number of hydrogen-bond acceptors (Lipinski definition) is 4. The molecule has 0 spiro atoms. The average molecular weight is 395 g/mol. The first kappa shape index (κ1) is 18.4. The van der Waals surface area contributed by atoms with Crippen molar-refractivity contribution < 1.29 is 37.3 Å². The molecule has 3 rings (SSSR count). The number of fused-ring (bicyclic) bond motifs is 1. The van der Waals surface area contributed by atoms with Gasteiger partial charge in [-0.3, -0.25) is 4.79 Å². The Kier molecular flexibility index (Phi) is 4.78. The number of halogens is 4. The molecule has 2 N–H and O–H groups in total. The lowest BCUT2D eigenvalue weighted by atomic mass is 9.96. The zero-order chi connectivity index (χ0) is 19.1. The summed E-state index contributed by atoms with van der Waals surface area (Å²) in [6.07, 6.45) is -4.72. The first-order valence-electron chi connectivity index (χ1n) is 7.61. The molecule has 2 aliphatic heterocycles. The Hall–Kier alpha value is -2.36. The summed E-state index contributed by atoms with van der Waals surface area (Å²) < 4.78 is 49.7. The van der Waals surface area contributed by atoms with E-state index in [9.17, 15) is 22.8 Å². The van der Waals surface area contributed by atoms with Crippen molar-refractivity contribution in [2.24, 2.45) is 11.8 Å². The van der Waals surface area contributed by atoms with Gasteiger partial charge in [-0.15, -0.1) is 0 Å². The second-order valence-corrected chi connectivity index (χ2v) is 6.31. The van der Waals surface area contributed by atoms with Crippen LogP contribution in [0, 0.1) is 11.8 Å². The summed E-state index contributed by atoms with van der Waals surface area (Å²) in [7, 11) is 0. The third-order valence-electron chi connectivity index (χ3n) is 4.22. The monoisotopic (exact) mass is 394 g/mol. The third-order valence-corrected chi connectivity index (χ3v) is 4.53. The Morgan fingerprint density at radius 1 is 1.19 bits per heavy atom. The number of aliphatic carboxylic acids is 1. The van der Waals surface area contributed by atoms with E-state index in [2.05, 4.69) is 5.32 Å². The molecule has 26 heavy (non-hydrogen) atoms. The lowest BCUT2D eigenvalue weighted by Crippen LogP contribution is -2.35. The van der Waals surface area contributed by atoms with Crippen LogP contribution in [0.25, 0.3) is 0 Å². The van der Waals surface area contributed by atoms with Crippen molar-refractivity contribution in [3.8, 4) is 11.5 Å². The number of nitrogens with one attached hydrogen (secondary N) is 1. The molecule has 1 fully saturated rings. The van der Waals surface area contributed by atoms with Gasteiger partial charge in [0.05, 0.1) is 22.5 Å². The van der Waals surface area contributed by atoms with Gasteiger partial charge >= 0.3 is 18.2 Å². The van der Waals surface area contributed by atoms with Crippen LogP contribution >= 0.6 is 11.6 Å². The maximum Gasteiger partial charge on any atom is 0.394 e. The molecule has 1 aromatic rings. The molecule has 1 saturated heterocycles. The zero-order valence-electron chi connectivity index (χ0n) is 13.2. The minimum atomic E-state index is -4.72. The van der Waals surface area contributed by atoms with Crippen molar-refractivity contribution in [3.05, 3.63) is 17.2 Å². The number of likely N-dealkylation sites (tertiary alicyclic amines) is 1. The van der Waals surface area contributed by atoms with E-state index >= 15 is 0 Å². The Bertz CT molecular complexity index is 743. The number of amides is 2. The molecule has 0 aromatic heterocycles. The number of alkyl halides is 3. The summed E-state index contributed by atoms with van der Waals surface area (Å²) in [5, 5.41) is 11.5. The van der Waals surface area contributed by atoms with Gasteiger partial charge in [-0.25, -0.2) is 4.79 Å². The normalized spacial score (nSPS) is 22.2. The maximum atomic E-state index is 13.0. The van der Waals surface area contributed by atoms with Gasteiger partial charge in [0.2, 0.25) is 0 Å². The maximum absolute atomic E-state index is 13.0. The molecule has 0 unspecified atom stereocenters. The molecule has 0 radical (unpaired) electrons. The van der Waals surface area contributed by atoms with E-state index in [1.54, 1.807) is 0 Å². The van der Waals surface area contributed by atoms with Gasteiger partial charge < -0.3 is 24.8 Å². The molecule has 2 atom stereocenters. The fourth-order valence-corrected chi connectivity index (χ4v) is 3.11. The Labute approximate surface area is 150 Å². The van der Waals surface area contributed by atoms with E-state index in [1.165, 1.54) is 12.1 Å². The fraction of sp³-hybridized carbons (Fsp3) is 0.467. The van der Waals surface area contributed by atoms with Gasteiger partial charge in [0, 0.05) is 25.2 Å². The van der Waals surface area contributed by atoms with Crippen LogP contribution in [0.1, 0.15) is 0 Å². The molecule has 2 heterocycles. The van der Waals surface area contributed by atoms with Gasteiger partial charge in [0.25, 0.3) is 0 Å². The van der Waals surface area contributed by atoms with Crippen molar-refractivity contribution in [1.29, 1.82) is 0 Å². The number of nitrogens with zero attached hydrogens (tertiary/aromatic N) is 1. The van der Waals surface area contributed by atoms with Gasteiger partial charge in [-0.2, -0.15) is 13.2 Å². The largest absolute Gasteiger partial charge is 0.486 e. The van der Waals surface area contributed by atoms with E-state index in [-0.39, 0.29) is 10.7 Å². The highest BCUT2D eigenvalue weighted by molar-refractivity contribution is 6.34. The molecular weight excluding hydrogens is 381 g/mol. The van der Waals surface area contributed by atoms with Crippen LogP contribution in [0.3, 0.4) is 0 Å². The Morgan fingerprint density at radius 3 is 2.35 bits per heavy atom. The lowest BCUT2D eigenvalue weighted by molar-refractivity contribution is -0.187. The van der Waals surface area contributed by atoms with Crippen molar-refractivity contribution >= 4 is 29.3 Å². The fourth-order valence-electron chi connectivity index (χ4n) is 2.91. The quantitative estimate of drug-likeness (QED) is 0.805. The molecule has 1 aromatic carbocycles. The Balaban J connectivity index is 1.75. The van der Waals surface area contributed by atoms with Crippen LogP contribution < -0.4 is 14.8 Å².